The second-order valence-electron chi connectivity index (χ2n) is 8.72. The van der Waals surface area contributed by atoms with E-state index >= 15 is 0 Å². The number of aliphatic hydroxyl groups is 1. The van der Waals surface area contributed by atoms with Gasteiger partial charge in [-0.05, 0) is 42.3 Å². The Morgan fingerprint density at radius 3 is 2.61 bits per heavy atom. The molecule has 6 rings (SSSR count). The minimum atomic E-state index is -0.922. The lowest BCUT2D eigenvalue weighted by Gasteiger charge is -2.23. The number of hydrogen-bond donors (Lipinski definition) is 1. The molecule has 188 valence electrons. The van der Waals surface area contributed by atoms with Crippen LogP contribution in [0.2, 0.25) is 0 Å². The standard InChI is InChI=1S/C28H20N4O4S2/c1-16-6-8-17(9-7-16)15-37-28-31-30-27(38-28)32-23(18-10-12-29-13-11-18)22(25(34)26(32)35)24(33)21-14-19-4-2-3-5-20(19)36-21/h2-14,23,34H,15H2,1H3. The number of para-hydroxylation sites is 1. The molecule has 0 bridgehead atoms. The maximum absolute atomic E-state index is 13.7. The fourth-order valence-corrected chi connectivity index (χ4v) is 6.13. The second kappa shape index (κ2) is 9.88. The van der Waals surface area contributed by atoms with E-state index in [1.807, 2.05) is 19.1 Å². The van der Waals surface area contributed by atoms with E-state index in [2.05, 4.69) is 39.4 Å². The molecule has 0 aliphatic carbocycles. The average molecular weight is 541 g/mol. The van der Waals surface area contributed by atoms with Crippen LogP contribution in [-0.2, 0) is 10.5 Å². The fourth-order valence-electron chi connectivity index (χ4n) is 4.31. The number of anilines is 1. The van der Waals surface area contributed by atoms with Crippen LogP contribution in [0.15, 0.2) is 99.2 Å². The van der Waals surface area contributed by atoms with E-state index in [-0.39, 0.29) is 16.5 Å². The molecule has 1 N–H and O–H groups in total. The zero-order valence-electron chi connectivity index (χ0n) is 20.1. The molecule has 1 aliphatic rings. The molecule has 3 aromatic heterocycles. The number of aromatic nitrogens is 3. The van der Waals surface area contributed by atoms with E-state index in [1.165, 1.54) is 33.6 Å². The van der Waals surface area contributed by atoms with Crippen molar-refractivity contribution in [2.24, 2.45) is 0 Å². The first-order valence-electron chi connectivity index (χ1n) is 11.7. The van der Waals surface area contributed by atoms with Crippen molar-refractivity contribution in [3.8, 4) is 0 Å². The Morgan fingerprint density at radius 2 is 1.84 bits per heavy atom. The Hall–Kier alpha value is -4.28. The van der Waals surface area contributed by atoms with E-state index in [0.717, 1.165) is 10.9 Å². The van der Waals surface area contributed by atoms with Crippen molar-refractivity contribution in [2.75, 3.05) is 4.90 Å². The summed E-state index contributed by atoms with van der Waals surface area (Å²) in [5.41, 5.74) is 3.39. The Balaban J connectivity index is 1.34. The van der Waals surface area contributed by atoms with Crippen LogP contribution >= 0.6 is 23.1 Å². The molecule has 1 unspecified atom stereocenters. The van der Waals surface area contributed by atoms with Gasteiger partial charge in [-0.3, -0.25) is 19.5 Å². The third kappa shape index (κ3) is 4.37. The third-order valence-corrected chi connectivity index (χ3v) is 8.34. The molecule has 1 amide bonds. The summed E-state index contributed by atoms with van der Waals surface area (Å²) in [4.78, 5) is 32.4. The number of carbonyl (C=O) groups is 2. The number of benzene rings is 2. The highest BCUT2D eigenvalue weighted by atomic mass is 32.2. The van der Waals surface area contributed by atoms with E-state index in [0.29, 0.717) is 21.2 Å². The molecule has 4 heterocycles. The van der Waals surface area contributed by atoms with Gasteiger partial charge in [-0.15, -0.1) is 10.2 Å². The topological polar surface area (TPSA) is 109 Å². The highest BCUT2D eigenvalue weighted by Crippen LogP contribution is 2.44. The summed E-state index contributed by atoms with van der Waals surface area (Å²) < 4.78 is 6.44. The number of aliphatic hydroxyl groups excluding tert-OH is 1. The van der Waals surface area contributed by atoms with E-state index in [4.69, 9.17) is 4.42 Å². The largest absolute Gasteiger partial charge is 0.503 e. The Kier molecular flexibility index (Phi) is 6.26. The lowest BCUT2D eigenvalue weighted by molar-refractivity contribution is -0.117. The molecule has 8 nitrogen and oxygen atoms in total. The highest BCUT2D eigenvalue weighted by Gasteiger charge is 2.46. The molecule has 0 spiro atoms. The number of amides is 1. The van der Waals surface area contributed by atoms with Crippen molar-refractivity contribution in [1.29, 1.82) is 0 Å². The second-order valence-corrected chi connectivity index (χ2v) is 10.9. The molecule has 10 heteroatoms. The number of rotatable bonds is 7. The first kappa shape index (κ1) is 24.1. The normalized spacial score (nSPS) is 15.6. The maximum Gasteiger partial charge on any atom is 0.296 e. The van der Waals surface area contributed by atoms with Crippen molar-refractivity contribution >= 4 is 50.9 Å². The molecule has 2 aromatic carbocycles. The van der Waals surface area contributed by atoms with Crippen LogP contribution in [0, 0.1) is 6.92 Å². The van der Waals surface area contributed by atoms with Crippen LogP contribution in [0.4, 0.5) is 5.13 Å². The Morgan fingerprint density at radius 1 is 1.08 bits per heavy atom. The van der Waals surface area contributed by atoms with Crippen molar-refractivity contribution in [3.05, 3.63) is 113 Å². The van der Waals surface area contributed by atoms with Crippen LogP contribution in [0.25, 0.3) is 11.0 Å². The first-order chi connectivity index (χ1) is 18.5. The fraction of sp³-hybridized carbons (Fsp3) is 0.107. The number of nitrogens with zero attached hydrogens (tertiary/aromatic N) is 4. The quantitative estimate of drug-likeness (QED) is 0.151. The van der Waals surface area contributed by atoms with Gasteiger partial charge in [0.1, 0.15) is 5.58 Å². The molecule has 1 aliphatic heterocycles. The number of ketones is 1. The Labute approximate surface area is 225 Å². The molecule has 0 saturated carbocycles. The number of pyridine rings is 1. The predicted molar refractivity (Wildman–Crippen MR) is 145 cm³/mol. The molecule has 38 heavy (non-hydrogen) atoms. The minimum Gasteiger partial charge on any atom is -0.503 e. The van der Waals surface area contributed by atoms with Gasteiger partial charge in [0.05, 0.1) is 11.6 Å². The van der Waals surface area contributed by atoms with Gasteiger partial charge in [-0.1, -0.05) is 71.1 Å². The lowest BCUT2D eigenvalue weighted by atomic mass is 9.96. The van der Waals surface area contributed by atoms with Crippen molar-refractivity contribution in [1.82, 2.24) is 15.2 Å². The average Bonchev–Trinajstić information content (AvgIpc) is 3.65. The van der Waals surface area contributed by atoms with Gasteiger partial charge < -0.3 is 9.52 Å². The minimum absolute atomic E-state index is 0.0352. The molecule has 0 fully saturated rings. The lowest BCUT2D eigenvalue weighted by Crippen LogP contribution is -2.31. The molecule has 0 radical (unpaired) electrons. The zero-order valence-corrected chi connectivity index (χ0v) is 21.7. The van der Waals surface area contributed by atoms with Crippen LogP contribution in [0.3, 0.4) is 0 Å². The number of thioether (sulfide) groups is 1. The summed E-state index contributed by atoms with van der Waals surface area (Å²) in [5.74, 6) is -1.21. The number of aryl methyl sites for hydroxylation is 1. The summed E-state index contributed by atoms with van der Waals surface area (Å²) in [6, 6.07) is 19.5. The number of Topliss-reactive ketones (excluding diaryl/α,β-unsaturated/α-hetero) is 1. The van der Waals surface area contributed by atoms with Gasteiger partial charge >= 0.3 is 0 Å². The third-order valence-electron chi connectivity index (χ3n) is 6.21. The van der Waals surface area contributed by atoms with Gasteiger partial charge in [0, 0.05) is 23.5 Å². The smallest absolute Gasteiger partial charge is 0.296 e. The summed E-state index contributed by atoms with van der Waals surface area (Å²) in [7, 11) is 0. The zero-order chi connectivity index (χ0) is 26.2. The van der Waals surface area contributed by atoms with Crippen LogP contribution < -0.4 is 4.90 Å². The van der Waals surface area contributed by atoms with Crippen molar-refractivity contribution < 1.29 is 19.1 Å². The van der Waals surface area contributed by atoms with Crippen LogP contribution in [-0.4, -0.2) is 32.0 Å². The summed E-state index contributed by atoms with van der Waals surface area (Å²) in [6.07, 6.45) is 3.14. The molecular weight excluding hydrogens is 520 g/mol. The summed E-state index contributed by atoms with van der Waals surface area (Å²) in [5, 5.41) is 20.5. The van der Waals surface area contributed by atoms with Crippen LogP contribution in [0.5, 0.6) is 0 Å². The summed E-state index contributed by atoms with van der Waals surface area (Å²) >= 11 is 2.73. The number of furan rings is 1. The highest BCUT2D eigenvalue weighted by molar-refractivity contribution is 8.00. The molecule has 0 saturated heterocycles. The van der Waals surface area contributed by atoms with Gasteiger partial charge in [0.25, 0.3) is 5.91 Å². The monoisotopic (exact) mass is 540 g/mol. The number of carbonyl (C=O) groups excluding carboxylic acids is 2. The van der Waals surface area contributed by atoms with Crippen LogP contribution in [0.1, 0.15) is 33.3 Å². The van der Waals surface area contributed by atoms with E-state index < -0.39 is 23.5 Å². The maximum atomic E-state index is 13.7. The van der Waals surface area contributed by atoms with Gasteiger partial charge in [0.15, 0.2) is 15.9 Å². The van der Waals surface area contributed by atoms with Gasteiger partial charge in [-0.25, -0.2) is 0 Å². The molecule has 5 aromatic rings. The molecule has 1 atom stereocenters. The SMILES string of the molecule is Cc1ccc(CSc2nnc(N3C(=O)C(O)=C(C(=O)c4cc5ccccc5o4)C3c3ccncc3)s2)cc1. The predicted octanol–water partition coefficient (Wildman–Crippen LogP) is 6.06. The van der Waals surface area contributed by atoms with Crippen molar-refractivity contribution in [3.63, 3.8) is 0 Å². The van der Waals surface area contributed by atoms with Crippen molar-refractivity contribution in [2.45, 2.75) is 23.1 Å². The number of fused-ring (bicyclic) bond motifs is 1. The Bertz CT molecular complexity index is 1660. The van der Waals surface area contributed by atoms with Gasteiger partial charge in [-0.2, -0.15) is 0 Å². The van der Waals surface area contributed by atoms with E-state index in [1.54, 1.807) is 42.7 Å². The van der Waals surface area contributed by atoms with Gasteiger partial charge in [0.2, 0.25) is 10.9 Å². The first-order valence-corrected chi connectivity index (χ1v) is 13.5. The van der Waals surface area contributed by atoms with E-state index in [9.17, 15) is 14.7 Å². The number of hydrogen-bond acceptors (Lipinski definition) is 9. The molecular formula is C28H20N4O4S2. The summed E-state index contributed by atoms with van der Waals surface area (Å²) in [6.45, 7) is 2.04.